The fourth-order valence-electron chi connectivity index (χ4n) is 1.67. The number of guanidine groups is 1. The molecule has 17 heavy (non-hydrogen) atoms. The Labute approximate surface area is 103 Å². The van der Waals surface area contributed by atoms with Crippen molar-refractivity contribution in [3.05, 3.63) is 0 Å². The van der Waals surface area contributed by atoms with Gasteiger partial charge in [-0.2, -0.15) is 0 Å². The monoisotopic (exact) mass is 263 g/mol. The predicted octanol–water partition coefficient (Wildman–Crippen LogP) is -0.625. The Balaban J connectivity index is 2.46. The van der Waals surface area contributed by atoms with E-state index in [-0.39, 0.29) is 17.5 Å². The second-order valence-electron chi connectivity index (χ2n) is 4.00. The van der Waals surface area contributed by atoms with Crippen molar-refractivity contribution in [2.45, 2.75) is 19.4 Å². The van der Waals surface area contributed by atoms with E-state index in [9.17, 15) is 8.42 Å². The number of aliphatic imine (C=N–C) groups is 1. The van der Waals surface area contributed by atoms with Crippen LogP contribution in [-0.4, -0.2) is 58.7 Å². The van der Waals surface area contributed by atoms with Crippen LogP contribution in [0.5, 0.6) is 0 Å². The van der Waals surface area contributed by atoms with E-state index in [4.69, 9.17) is 4.74 Å². The molecule has 2 N–H and O–H groups in total. The highest BCUT2D eigenvalue weighted by Gasteiger charge is 2.28. The minimum absolute atomic E-state index is 0.0275. The normalized spacial score (nSPS) is 23.6. The van der Waals surface area contributed by atoms with Gasteiger partial charge in [0.05, 0.1) is 24.7 Å². The Bertz CT molecular complexity index is 354. The number of methoxy groups -OCH3 is 1. The largest absolute Gasteiger partial charge is 0.383 e. The summed E-state index contributed by atoms with van der Waals surface area (Å²) in [7, 11) is -1.23. The van der Waals surface area contributed by atoms with Crippen molar-refractivity contribution in [1.82, 2.24) is 10.6 Å². The minimum atomic E-state index is -2.85. The van der Waals surface area contributed by atoms with Crippen molar-refractivity contribution in [2.75, 3.05) is 38.3 Å². The van der Waals surface area contributed by atoms with Gasteiger partial charge >= 0.3 is 0 Å². The van der Waals surface area contributed by atoms with Crippen molar-refractivity contribution in [1.29, 1.82) is 0 Å². The summed E-state index contributed by atoms with van der Waals surface area (Å²) >= 11 is 0. The van der Waals surface area contributed by atoms with Gasteiger partial charge in [0.1, 0.15) is 0 Å². The van der Waals surface area contributed by atoms with Crippen molar-refractivity contribution in [2.24, 2.45) is 4.99 Å². The topological polar surface area (TPSA) is 79.8 Å². The third kappa shape index (κ3) is 5.36. The Morgan fingerprint density at radius 1 is 1.53 bits per heavy atom. The summed E-state index contributed by atoms with van der Waals surface area (Å²) < 4.78 is 27.6. The highest BCUT2D eigenvalue weighted by molar-refractivity contribution is 7.91. The van der Waals surface area contributed by atoms with E-state index in [1.807, 2.05) is 6.92 Å². The Kier molecular flexibility index (Phi) is 5.70. The summed E-state index contributed by atoms with van der Waals surface area (Å²) in [6.07, 6.45) is 0.650. The minimum Gasteiger partial charge on any atom is -0.383 e. The molecule has 1 aliphatic rings. The lowest BCUT2D eigenvalue weighted by atomic mass is 10.3. The van der Waals surface area contributed by atoms with Gasteiger partial charge in [0.25, 0.3) is 0 Å². The smallest absolute Gasteiger partial charge is 0.191 e. The number of nitrogens with zero attached hydrogens (tertiary/aromatic N) is 1. The first-order valence-corrected chi connectivity index (χ1v) is 7.63. The molecule has 0 radical (unpaired) electrons. The average molecular weight is 263 g/mol. The third-order valence-electron chi connectivity index (χ3n) is 2.48. The number of hydrogen-bond donors (Lipinski definition) is 2. The van der Waals surface area contributed by atoms with Crippen molar-refractivity contribution < 1.29 is 13.2 Å². The molecule has 0 amide bonds. The number of ether oxygens (including phenoxy) is 1. The molecule has 0 aromatic carbocycles. The zero-order valence-corrected chi connectivity index (χ0v) is 11.2. The molecule has 0 bridgehead atoms. The molecular weight excluding hydrogens is 242 g/mol. The van der Waals surface area contributed by atoms with Crippen LogP contribution in [0.25, 0.3) is 0 Å². The summed E-state index contributed by atoms with van der Waals surface area (Å²) in [4.78, 5) is 4.29. The lowest BCUT2D eigenvalue weighted by Crippen LogP contribution is -2.44. The second kappa shape index (κ2) is 6.80. The molecule has 1 heterocycles. The Morgan fingerprint density at radius 3 is 2.82 bits per heavy atom. The summed E-state index contributed by atoms with van der Waals surface area (Å²) in [5.41, 5.74) is 0. The van der Waals surface area contributed by atoms with Crippen LogP contribution in [0.15, 0.2) is 4.99 Å². The van der Waals surface area contributed by atoms with Gasteiger partial charge in [0.15, 0.2) is 15.8 Å². The third-order valence-corrected chi connectivity index (χ3v) is 4.25. The molecule has 0 aromatic heterocycles. The van der Waals surface area contributed by atoms with Gasteiger partial charge in [0, 0.05) is 19.7 Å². The first-order chi connectivity index (χ1) is 8.07. The SMILES string of the molecule is CCNC(=NCCOC)NC1CCS(=O)(=O)C1. The predicted molar refractivity (Wildman–Crippen MR) is 68.0 cm³/mol. The lowest BCUT2D eigenvalue weighted by molar-refractivity contribution is 0.208. The van der Waals surface area contributed by atoms with Gasteiger partial charge in [-0.05, 0) is 13.3 Å². The van der Waals surface area contributed by atoms with Gasteiger partial charge in [-0.1, -0.05) is 0 Å². The van der Waals surface area contributed by atoms with E-state index >= 15 is 0 Å². The fraction of sp³-hybridized carbons (Fsp3) is 0.900. The van der Waals surface area contributed by atoms with Crippen molar-refractivity contribution >= 4 is 15.8 Å². The second-order valence-corrected chi connectivity index (χ2v) is 6.23. The van der Waals surface area contributed by atoms with E-state index < -0.39 is 9.84 Å². The summed E-state index contributed by atoms with van der Waals surface area (Å²) in [5, 5.41) is 6.22. The maximum absolute atomic E-state index is 11.3. The molecule has 1 fully saturated rings. The quantitative estimate of drug-likeness (QED) is 0.392. The molecule has 1 atom stereocenters. The maximum atomic E-state index is 11.3. The molecule has 100 valence electrons. The molecule has 0 aromatic rings. The molecule has 6 nitrogen and oxygen atoms in total. The van der Waals surface area contributed by atoms with Crippen LogP contribution < -0.4 is 10.6 Å². The van der Waals surface area contributed by atoms with Gasteiger partial charge in [-0.3, -0.25) is 4.99 Å². The Hall–Kier alpha value is -0.820. The molecule has 7 heteroatoms. The standard InChI is InChI=1S/C10H21N3O3S/c1-3-11-10(12-5-6-16-2)13-9-4-7-17(14,15)8-9/h9H,3-8H2,1-2H3,(H2,11,12,13). The van der Waals surface area contributed by atoms with Gasteiger partial charge < -0.3 is 15.4 Å². The maximum Gasteiger partial charge on any atom is 0.191 e. The van der Waals surface area contributed by atoms with Gasteiger partial charge in [0.2, 0.25) is 0 Å². The van der Waals surface area contributed by atoms with Crippen LogP contribution in [-0.2, 0) is 14.6 Å². The Morgan fingerprint density at radius 2 is 2.29 bits per heavy atom. The molecular formula is C10H21N3O3S. The summed E-state index contributed by atoms with van der Waals surface area (Å²) in [6, 6.07) is -0.0275. The van der Waals surface area contributed by atoms with Crippen LogP contribution in [0.3, 0.4) is 0 Å². The zero-order chi connectivity index (χ0) is 12.7. The van der Waals surface area contributed by atoms with Gasteiger partial charge in [-0.25, -0.2) is 8.42 Å². The number of hydrogen-bond acceptors (Lipinski definition) is 4. The van der Waals surface area contributed by atoms with E-state index in [1.165, 1.54) is 0 Å². The molecule has 1 saturated heterocycles. The molecule has 1 rings (SSSR count). The van der Waals surface area contributed by atoms with Crippen LogP contribution in [0, 0.1) is 0 Å². The van der Waals surface area contributed by atoms with E-state index in [1.54, 1.807) is 7.11 Å². The first-order valence-electron chi connectivity index (χ1n) is 5.81. The van der Waals surface area contributed by atoms with E-state index in [2.05, 4.69) is 15.6 Å². The highest BCUT2D eigenvalue weighted by Crippen LogP contribution is 2.10. The van der Waals surface area contributed by atoms with Crippen molar-refractivity contribution in [3.63, 3.8) is 0 Å². The lowest BCUT2D eigenvalue weighted by Gasteiger charge is -2.15. The molecule has 1 unspecified atom stereocenters. The number of rotatable bonds is 5. The summed E-state index contributed by atoms with van der Waals surface area (Å²) in [6.45, 7) is 3.84. The van der Waals surface area contributed by atoms with E-state index in [0.717, 1.165) is 6.54 Å². The molecule has 1 aliphatic heterocycles. The number of sulfone groups is 1. The van der Waals surface area contributed by atoms with E-state index in [0.29, 0.717) is 25.5 Å². The van der Waals surface area contributed by atoms with Gasteiger partial charge in [-0.15, -0.1) is 0 Å². The zero-order valence-electron chi connectivity index (χ0n) is 10.4. The summed E-state index contributed by atoms with van der Waals surface area (Å²) in [5.74, 6) is 1.12. The van der Waals surface area contributed by atoms with Crippen LogP contribution in [0.2, 0.25) is 0 Å². The average Bonchev–Trinajstić information content (AvgIpc) is 2.59. The molecule has 0 spiro atoms. The highest BCUT2D eigenvalue weighted by atomic mass is 32.2. The first kappa shape index (κ1) is 14.2. The van der Waals surface area contributed by atoms with Crippen molar-refractivity contribution in [3.8, 4) is 0 Å². The van der Waals surface area contributed by atoms with Crippen LogP contribution >= 0.6 is 0 Å². The number of nitrogens with one attached hydrogen (secondary N) is 2. The molecule has 0 saturated carbocycles. The molecule has 0 aliphatic carbocycles. The van der Waals surface area contributed by atoms with Crippen LogP contribution in [0.4, 0.5) is 0 Å². The van der Waals surface area contributed by atoms with Crippen LogP contribution in [0.1, 0.15) is 13.3 Å². The fourth-order valence-corrected chi connectivity index (χ4v) is 3.34.